The Balaban J connectivity index is 2.42. The Morgan fingerprint density at radius 2 is 1.57 bits per heavy atom. The molecule has 0 aliphatic heterocycles. The van der Waals surface area contributed by atoms with Crippen molar-refractivity contribution in [1.82, 2.24) is 0 Å². The van der Waals surface area contributed by atoms with Crippen LogP contribution in [0.1, 0.15) is 22.8 Å². The fraction of sp³-hybridized carbons (Fsp3) is 0.0588. The van der Waals surface area contributed by atoms with Gasteiger partial charge >= 0.3 is 11.9 Å². The van der Waals surface area contributed by atoms with Crippen molar-refractivity contribution in [3.63, 3.8) is 0 Å². The molecule has 4 nitrogen and oxygen atoms in total. The highest BCUT2D eigenvalue weighted by Crippen LogP contribution is 2.22. The summed E-state index contributed by atoms with van der Waals surface area (Å²) in [5.41, 5.74) is 2.83. The lowest BCUT2D eigenvalue weighted by atomic mass is 10.0. The van der Waals surface area contributed by atoms with Gasteiger partial charge in [-0.25, -0.2) is 9.59 Å². The zero-order valence-corrected chi connectivity index (χ0v) is 11.4. The molecule has 0 atom stereocenters. The molecule has 21 heavy (non-hydrogen) atoms. The third-order valence-electron chi connectivity index (χ3n) is 3.05. The Kier molecular flexibility index (Phi) is 4.18. The smallest absolute Gasteiger partial charge is 0.335 e. The second-order valence-electron chi connectivity index (χ2n) is 4.64. The van der Waals surface area contributed by atoms with Crippen molar-refractivity contribution < 1.29 is 19.8 Å². The van der Waals surface area contributed by atoms with Crippen LogP contribution in [-0.2, 0) is 4.79 Å². The average molecular weight is 282 g/mol. The Morgan fingerprint density at radius 3 is 2.19 bits per heavy atom. The number of aliphatic carboxylic acids is 1. The molecule has 0 unspecified atom stereocenters. The molecule has 0 radical (unpaired) electrons. The summed E-state index contributed by atoms with van der Waals surface area (Å²) in [4.78, 5) is 21.8. The van der Waals surface area contributed by atoms with Crippen molar-refractivity contribution in [1.29, 1.82) is 0 Å². The SMILES string of the molecule is C/C(=C\c1cccc(-c2cccc(C(=O)O)c2)c1)C(=O)O. The number of carboxylic acid groups (broad SMARTS) is 2. The van der Waals surface area contributed by atoms with Gasteiger partial charge in [-0.3, -0.25) is 0 Å². The lowest BCUT2D eigenvalue weighted by Crippen LogP contribution is -1.96. The molecule has 0 bridgehead atoms. The molecule has 0 aliphatic rings. The van der Waals surface area contributed by atoms with Crippen LogP contribution in [-0.4, -0.2) is 22.2 Å². The minimum Gasteiger partial charge on any atom is -0.478 e. The summed E-state index contributed by atoms with van der Waals surface area (Å²) >= 11 is 0. The average Bonchev–Trinajstić information content (AvgIpc) is 2.47. The fourth-order valence-electron chi connectivity index (χ4n) is 1.95. The predicted molar refractivity (Wildman–Crippen MR) is 80.1 cm³/mol. The van der Waals surface area contributed by atoms with Crippen LogP contribution in [0, 0.1) is 0 Å². The molecule has 2 rings (SSSR count). The maximum atomic E-state index is 11.0. The molecular formula is C17H14O4. The van der Waals surface area contributed by atoms with Gasteiger partial charge in [0.25, 0.3) is 0 Å². The van der Waals surface area contributed by atoms with Crippen LogP contribution < -0.4 is 0 Å². The molecule has 0 aliphatic carbocycles. The van der Waals surface area contributed by atoms with E-state index >= 15 is 0 Å². The summed E-state index contributed by atoms with van der Waals surface area (Å²) in [6.45, 7) is 1.53. The fourth-order valence-corrected chi connectivity index (χ4v) is 1.95. The molecule has 0 saturated heterocycles. The summed E-state index contributed by atoms with van der Waals surface area (Å²) in [6.07, 6.45) is 1.58. The van der Waals surface area contributed by atoms with E-state index in [4.69, 9.17) is 10.2 Å². The van der Waals surface area contributed by atoms with Gasteiger partial charge in [0, 0.05) is 5.57 Å². The van der Waals surface area contributed by atoms with Gasteiger partial charge in [-0.1, -0.05) is 30.3 Å². The number of rotatable bonds is 4. The number of aromatic carboxylic acids is 1. The Bertz CT molecular complexity index is 729. The minimum absolute atomic E-state index is 0.218. The molecular weight excluding hydrogens is 268 g/mol. The molecule has 0 fully saturated rings. The van der Waals surface area contributed by atoms with Crippen LogP contribution in [0.3, 0.4) is 0 Å². The van der Waals surface area contributed by atoms with E-state index in [1.54, 1.807) is 24.3 Å². The van der Waals surface area contributed by atoms with Crippen LogP contribution in [0.5, 0.6) is 0 Å². The highest BCUT2D eigenvalue weighted by molar-refractivity contribution is 5.92. The largest absolute Gasteiger partial charge is 0.478 e. The van der Waals surface area contributed by atoms with Crippen molar-refractivity contribution in [2.75, 3.05) is 0 Å². The first kappa shape index (κ1) is 14.5. The van der Waals surface area contributed by atoms with E-state index in [2.05, 4.69) is 0 Å². The van der Waals surface area contributed by atoms with Gasteiger partial charge in [-0.2, -0.15) is 0 Å². The Labute approximate surface area is 122 Å². The third-order valence-corrected chi connectivity index (χ3v) is 3.05. The lowest BCUT2D eigenvalue weighted by molar-refractivity contribution is -0.132. The second kappa shape index (κ2) is 6.05. The van der Waals surface area contributed by atoms with E-state index in [1.165, 1.54) is 13.0 Å². The summed E-state index contributed by atoms with van der Waals surface area (Å²) in [7, 11) is 0. The molecule has 4 heteroatoms. The van der Waals surface area contributed by atoms with Gasteiger partial charge in [0.1, 0.15) is 0 Å². The summed E-state index contributed by atoms with van der Waals surface area (Å²) in [5.74, 6) is -1.94. The van der Waals surface area contributed by atoms with Crippen molar-refractivity contribution >= 4 is 18.0 Å². The highest BCUT2D eigenvalue weighted by atomic mass is 16.4. The normalized spacial score (nSPS) is 11.2. The number of hydrogen-bond acceptors (Lipinski definition) is 2. The number of carbonyl (C=O) groups is 2. The predicted octanol–water partition coefficient (Wildman–Crippen LogP) is 3.54. The Hall–Kier alpha value is -2.88. The summed E-state index contributed by atoms with van der Waals surface area (Å²) in [6, 6.07) is 13.9. The quantitative estimate of drug-likeness (QED) is 0.841. The van der Waals surface area contributed by atoms with Crippen LogP contribution in [0.2, 0.25) is 0 Å². The van der Waals surface area contributed by atoms with E-state index in [0.29, 0.717) is 0 Å². The number of carboxylic acids is 2. The maximum absolute atomic E-state index is 11.0. The van der Waals surface area contributed by atoms with Crippen molar-refractivity contribution in [3.05, 3.63) is 65.2 Å². The molecule has 0 spiro atoms. The molecule has 2 aromatic carbocycles. The Morgan fingerprint density at radius 1 is 0.952 bits per heavy atom. The summed E-state index contributed by atoms with van der Waals surface area (Å²) < 4.78 is 0. The van der Waals surface area contributed by atoms with Crippen LogP contribution in [0.25, 0.3) is 17.2 Å². The lowest BCUT2D eigenvalue weighted by Gasteiger charge is -2.05. The van der Waals surface area contributed by atoms with E-state index in [9.17, 15) is 9.59 Å². The van der Waals surface area contributed by atoms with Crippen molar-refractivity contribution in [2.24, 2.45) is 0 Å². The first-order valence-corrected chi connectivity index (χ1v) is 6.33. The van der Waals surface area contributed by atoms with Crippen LogP contribution >= 0.6 is 0 Å². The molecule has 2 aromatic rings. The van der Waals surface area contributed by atoms with Crippen molar-refractivity contribution in [3.8, 4) is 11.1 Å². The number of hydrogen-bond donors (Lipinski definition) is 2. The molecule has 0 amide bonds. The minimum atomic E-state index is -0.977. The topological polar surface area (TPSA) is 74.6 Å². The highest BCUT2D eigenvalue weighted by Gasteiger charge is 2.05. The van der Waals surface area contributed by atoms with Gasteiger partial charge in [0.2, 0.25) is 0 Å². The standard InChI is InChI=1S/C17H14O4/c1-11(16(18)19)8-12-4-2-5-13(9-12)14-6-3-7-15(10-14)17(20)21/h2-10H,1H3,(H,18,19)(H,20,21)/b11-8+. The molecule has 106 valence electrons. The summed E-state index contributed by atoms with van der Waals surface area (Å²) in [5, 5.41) is 17.9. The van der Waals surface area contributed by atoms with Gasteiger partial charge < -0.3 is 10.2 Å². The van der Waals surface area contributed by atoms with Crippen molar-refractivity contribution in [2.45, 2.75) is 6.92 Å². The van der Waals surface area contributed by atoms with E-state index < -0.39 is 11.9 Å². The molecule has 0 heterocycles. The van der Waals surface area contributed by atoms with Gasteiger partial charge in [0.15, 0.2) is 0 Å². The zero-order chi connectivity index (χ0) is 15.4. The monoisotopic (exact) mass is 282 g/mol. The first-order chi connectivity index (χ1) is 9.97. The van der Waals surface area contributed by atoms with Gasteiger partial charge in [-0.15, -0.1) is 0 Å². The molecule has 2 N–H and O–H groups in total. The first-order valence-electron chi connectivity index (χ1n) is 6.33. The van der Waals surface area contributed by atoms with Crippen LogP contribution in [0.4, 0.5) is 0 Å². The van der Waals surface area contributed by atoms with E-state index in [0.717, 1.165) is 16.7 Å². The second-order valence-corrected chi connectivity index (χ2v) is 4.64. The van der Waals surface area contributed by atoms with Crippen LogP contribution in [0.15, 0.2) is 54.1 Å². The number of benzene rings is 2. The van der Waals surface area contributed by atoms with E-state index in [1.807, 2.05) is 24.3 Å². The van der Waals surface area contributed by atoms with E-state index in [-0.39, 0.29) is 11.1 Å². The van der Waals surface area contributed by atoms with Gasteiger partial charge in [-0.05, 0) is 47.9 Å². The molecule has 0 aromatic heterocycles. The molecule has 0 saturated carbocycles. The van der Waals surface area contributed by atoms with Gasteiger partial charge in [0.05, 0.1) is 5.56 Å². The maximum Gasteiger partial charge on any atom is 0.335 e. The third kappa shape index (κ3) is 3.57. The zero-order valence-electron chi connectivity index (χ0n) is 11.4.